The van der Waals surface area contributed by atoms with Crippen LogP contribution in [-0.4, -0.2) is 34.2 Å². The van der Waals surface area contributed by atoms with Crippen molar-refractivity contribution >= 4 is 12.4 Å². The second-order valence-corrected chi connectivity index (χ2v) is 4.14. The fourth-order valence-corrected chi connectivity index (χ4v) is 1.88. The molecular weight excluding hydrogens is 228 g/mol. The van der Waals surface area contributed by atoms with Gasteiger partial charge in [-0.15, -0.1) is 12.4 Å². The van der Waals surface area contributed by atoms with Gasteiger partial charge in [-0.3, -0.25) is 4.90 Å². The van der Waals surface area contributed by atoms with Gasteiger partial charge in [0.15, 0.2) is 5.82 Å². The summed E-state index contributed by atoms with van der Waals surface area (Å²) in [4.78, 5) is 6.60. The van der Waals surface area contributed by atoms with Crippen molar-refractivity contribution in [2.45, 2.75) is 38.8 Å². The van der Waals surface area contributed by atoms with E-state index in [4.69, 9.17) is 10.3 Å². The normalized spacial score (nSPS) is 21.0. The molecule has 16 heavy (non-hydrogen) atoms. The number of hydrogen-bond acceptors (Lipinski definition) is 5. The molecule has 1 aliphatic heterocycles. The highest BCUT2D eigenvalue weighted by Crippen LogP contribution is 2.10. The van der Waals surface area contributed by atoms with Crippen LogP contribution in [0.25, 0.3) is 0 Å². The Balaban J connectivity index is 0.00000128. The number of aromatic nitrogens is 2. The molecule has 2 heterocycles. The van der Waals surface area contributed by atoms with Crippen LogP contribution in [0.4, 0.5) is 0 Å². The van der Waals surface area contributed by atoms with Crippen LogP contribution >= 0.6 is 12.4 Å². The maximum absolute atomic E-state index is 5.83. The van der Waals surface area contributed by atoms with Crippen LogP contribution in [0.15, 0.2) is 4.52 Å². The highest BCUT2D eigenvalue weighted by atomic mass is 35.5. The molecule has 2 N–H and O–H groups in total. The van der Waals surface area contributed by atoms with Crippen molar-refractivity contribution in [2.24, 2.45) is 5.73 Å². The van der Waals surface area contributed by atoms with Gasteiger partial charge in [-0.05, 0) is 12.8 Å². The van der Waals surface area contributed by atoms with Crippen molar-refractivity contribution < 1.29 is 4.52 Å². The summed E-state index contributed by atoms with van der Waals surface area (Å²) in [5, 5.41) is 3.95. The largest absolute Gasteiger partial charge is 0.339 e. The van der Waals surface area contributed by atoms with E-state index in [0.29, 0.717) is 6.04 Å². The molecule has 6 heteroatoms. The molecule has 0 spiro atoms. The van der Waals surface area contributed by atoms with Crippen molar-refractivity contribution in [3.8, 4) is 0 Å². The maximum Gasteiger partial charge on any atom is 0.226 e. The number of hydrogen-bond donors (Lipinski definition) is 1. The molecule has 92 valence electrons. The van der Waals surface area contributed by atoms with E-state index >= 15 is 0 Å². The molecular formula is C10H19ClN4O. The molecule has 5 nitrogen and oxygen atoms in total. The lowest BCUT2D eigenvalue weighted by Gasteiger charge is -2.11. The topological polar surface area (TPSA) is 68.2 Å². The molecule has 1 atom stereocenters. The van der Waals surface area contributed by atoms with Crippen molar-refractivity contribution in [1.29, 1.82) is 0 Å². The molecule has 1 aliphatic rings. The van der Waals surface area contributed by atoms with Crippen LogP contribution in [0.3, 0.4) is 0 Å². The molecule has 1 fully saturated rings. The zero-order valence-corrected chi connectivity index (χ0v) is 10.4. The third-order valence-corrected chi connectivity index (χ3v) is 2.65. The summed E-state index contributed by atoms with van der Waals surface area (Å²) in [6, 6.07) is 0.312. The van der Waals surface area contributed by atoms with Crippen LogP contribution in [0.5, 0.6) is 0 Å². The van der Waals surface area contributed by atoms with Crippen LogP contribution in [0.2, 0.25) is 0 Å². The molecule has 0 radical (unpaired) electrons. The summed E-state index contributed by atoms with van der Waals surface area (Å²) in [5.41, 5.74) is 5.83. The molecule has 0 aliphatic carbocycles. The quantitative estimate of drug-likeness (QED) is 0.858. The molecule has 1 aromatic heterocycles. The Labute approximate surface area is 102 Å². The van der Waals surface area contributed by atoms with Crippen molar-refractivity contribution in [3.05, 3.63) is 11.7 Å². The first-order chi connectivity index (χ1) is 7.28. The molecule has 0 amide bonds. The standard InChI is InChI=1S/C10H18N4O.ClH/c1-2-3-10-12-9(13-15-10)7-14-5-4-8(11)6-14;/h8H,2-7,11H2,1H3;1H/t8-;/m1./s1. The van der Waals surface area contributed by atoms with E-state index in [2.05, 4.69) is 22.0 Å². The first kappa shape index (κ1) is 13.4. The predicted octanol–water partition coefficient (Wildman–Crippen LogP) is 0.977. The average Bonchev–Trinajstić information content (AvgIpc) is 2.78. The predicted molar refractivity (Wildman–Crippen MR) is 63.4 cm³/mol. The van der Waals surface area contributed by atoms with Gasteiger partial charge in [0, 0.05) is 25.6 Å². The minimum Gasteiger partial charge on any atom is -0.339 e. The third-order valence-electron chi connectivity index (χ3n) is 2.65. The minimum atomic E-state index is 0. The molecule has 0 bridgehead atoms. The summed E-state index contributed by atoms with van der Waals surface area (Å²) < 4.78 is 5.12. The highest BCUT2D eigenvalue weighted by molar-refractivity contribution is 5.85. The lowest BCUT2D eigenvalue weighted by atomic mass is 10.3. The molecule has 1 aromatic rings. The van der Waals surface area contributed by atoms with Crippen LogP contribution in [0, 0.1) is 0 Å². The number of halogens is 1. The summed E-state index contributed by atoms with van der Waals surface area (Å²) >= 11 is 0. The Bertz CT molecular complexity index is 318. The monoisotopic (exact) mass is 246 g/mol. The van der Waals surface area contributed by atoms with Gasteiger partial charge in [-0.2, -0.15) is 4.98 Å². The van der Waals surface area contributed by atoms with Gasteiger partial charge in [-0.25, -0.2) is 0 Å². The Hall–Kier alpha value is -0.650. The summed E-state index contributed by atoms with van der Waals surface area (Å²) in [6.07, 6.45) is 2.97. The van der Waals surface area contributed by atoms with Gasteiger partial charge in [0.05, 0.1) is 6.54 Å². The van der Waals surface area contributed by atoms with E-state index in [1.807, 2.05) is 0 Å². The summed E-state index contributed by atoms with van der Waals surface area (Å²) in [7, 11) is 0. The minimum absolute atomic E-state index is 0. The first-order valence-electron chi connectivity index (χ1n) is 5.57. The number of likely N-dealkylation sites (tertiary alicyclic amines) is 1. The van der Waals surface area contributed by atoms with Crippen LogP contribution in [-0.2, 0) is 13.0 Å². The zero-order chi connectivity index (χ0) is 10.7. The second kappa shape index (κ2) is 6.18. The van der Waals surface area contributed by atoms with E-state index in [1.54, 1.807) is 0 Å². The average molecular weight is 247 g/mol. The van der Waals surface area contributed by atoms with E-state index < -0.39 is 0 Å². The third kappa shape index (κ3) is 3.43. The molecule has 0 unspecified atom stereocenters. The number of nitrogens with zero attached hydrogens (tertiary/aromatic N) is 3. The van der Waals surface area contributed by atoms with Crippen LogP contribution < -0.4 is 5.73 Å². The maximum atomic E-state index is 5.83. The van der Waals surface area contributed by atoms with E-state index in [1.165, 1.54) is 0 Å². The number of nitrogens with two attached hydrogens (primary N) is 1. The summed E-state index contributed by atoms with van der Waals surface area (Å²) in [5.74, 6) is 1.53. The van der Waals surface area contributed by atoms with Crippen molar-refractivity contribution in [1.82, 2.24) is 15.0 Å². The fraction of sp³-hybridized carbons (Fsp3) is 0.800. The zero-order valence-electron chi connectivity index (χ0n) is 9.56. The van der Waals surface area contributed by atoms with Crippen LogP contribution in [0.1, 0.15) is 31.5 Å². The van der Waals surface area contributed by atoms with Gasteiger partial charge in [0.25, 0.3) is 0 Å². The van der Waals surface area contributed by atoms with Gasteiger partial charge >= 0.3 is 0 Å². The van der Waals surface area contributed by atoms with E-state index in [9.17, 15) is 0 Å². The Kier molecular flexibility index (Phi) is 5.18. The second-order valence-electron chi connectivity index (χ2n) is 4.14. The molecule has 0 saturated carbocycles. The SMILES string of the molecule is CCCc1nc(CN2CC[C@@H](N)C2)no1.Cl. The van der Waals surface area contributed by atoms with Gasteiger partial charge < -0.3 is 10.3 Å². The fourth-order valence-electron chi connectivity index (χ4n) is 1.88. The Morgan fingerprint density at radius 3 is 3.00 bits per heavy atom. The molecule has 0 aromatic carbocycles. The van der Waals surface area contributed by atoms with Crippen molar-refractivity contribution in [2.75, 3.05) is 13.1 Å². The van der Waals surface area contributed by atoms with Gasteiger partial charge in [0.1, 0.15) is 0 Å². The lowest BCUT2D eigenvalue weighted by Crippen LogP contribution is -2.26. The van der Waals surface area contributed by atoms with Gasteiger partial charge in [-0.1, -0.05) is 12.1 Å². The highest BCUT2D eigenvalue weighted by Gasteiger charge is 2.20. The molecule has 1 saturated heterocycles. The first-order valence-corrected chi connectivity index (χ1v) is 5.57. The summed E-state index contributed by atoms with van der Waals surface area (Å²) in [6.45, 7) is 4.85. The smallest absolute Gasteiger partial charge is 0.226 e. The molecule has 2 rings (SSSR count). The lowest BCUT2D eigenvalue weighted by molar-refractivity contribution is 0.306. The van der Waals surface area contributed by atoms with E-state index in [-0.39, 0.29) is 12.4 Å². The Morgan fingerprint density at radius 2 is 2.38 bits per heavy atom. The number of aryl methyl sites for hydroxylation is 1. The Morgan fingerprint density at radius 1 is 1.56 bits per heavy atom. The van der Waals surface area contributed by atoms with Gasteiger partial charge in [0.2, 0.25) is 5.89 Å². The number of rotatable bonds is 4. The van der Waals surface area contributed by atoms with E-state index in [0.717, 1.165) is 50.6 Å². The van der Waals surface area contributed by atoms with Crippen molar-refractivity contribution in [3.63, 3.8) is 0 Å².